The van der Waals surface area contributed by atoms with E-state index in [1.165, 1.54) is 13.1 Å². The molecule has 0 spiro atoms. The highest BCUT2D eigenvalue weighted by Gasteiger charge is 2.10. The van der Waals surface area contributed by atoms with Gasteiger partial charge in [-0.05, 0) is 12.1 Å². The molecule has 0 aliphatic rings. The van der Waals surface area contributed by atoms with E-state index in [9.17, 15) is 4.79 Å². The van der Waals surface area contributed by atoms with E-state index in [0.29, 0.717) is 0 Å². The normalized spacial score (nSPS) is 10.5. The zero-order chi connectivity index (χ0) is 13.0. The van der Waals surface area contributed by atoms with Crippen molar-refractivity contribution in [2.24, 2.45) is 10.8 Å². The van der Waals surface area contributed by atoms with Crippen LogP contribution in [0, 0.1) is 5.41 Å². The number of amides is 1. The highest BCUT2D eigenvalue weighted by molar-refractivity contribution is 9.11. The van der Waals surface area contributed by atoms with Crippen molar-refractivity contribution in [3.63, 3.8) is 0 Å². The van der Waals surface area contributed by atoms with Gasteiger partial charge in [0.25, 0.3) is 0 Å². The third-order valence-corrected chi connectivity index (χ3v) is 3.21. The van der Waals surface area contributed by atoms with Gasteiger partial charge in [0.05, 0.1) is 6.21 Å². The molecular weight excluding hydrogens is 352 g/mol. The van der Waals surface area contributed by atoms with Crippen LogP contribution in [0.2, 0.25) is 0 Å². The molecule has 0 atom stereocenters. The number of hydrogen-bond acceptors (Lipinski definition) is 3. The summed E-state index contributed by atoms with van der Waals surface area (Å²) in [5.74, 6) is -0.839. The minimum absolute atomic E-state index is 0.420. The average molecular weight is 362 g/mol. The van der Waals surface area contributed by atoms with Crippen LogP contribution in [0.4, 0.5) is 0 Å². The second-order valence-electron chi connectivity index (χ2n) is 3.10. The second kappa shape index (κ2) is 5.92. The van der Waals surface area contributed by atoms with Gasteiger partial charge < -0.3 is 5.73 Å². The molecule has 17 heavy (non-hydrogen) atoms. The SMILES string of the molecule is CC(=O)N(/N=C/c1c(Br)cccc1Br)C(=N)N. The highest BCUT2D eigenvalue weighted by atomic mass is 79.9. The topological polar surface area (TPSA) is 82.5 Å². The van der Waals surface area contributed by atoms with Crippen molar-refractivity contribution in [1.82, 2.24) is 5.01 Å². The van der Waals surface area contributed by atoms with Gasteiger partial charge in [-0.15, -0.1) is 0 Å². The number of nitrogens with zero attached hydrogens (tertiary/aromatic N) is 2. The Morgan fingerprint density at radius 2 is 2.00 bits per heavy atom. The van der Waals surface area contributed by atoms with Crippen LogP contribution >= 0.6 is 31.9 Å². The lowest BCUT2D eigenvalue weighted by Crippen LogP contribution is -2.35. The van der Waals surface area contributed by atoms with Gasteiger partial charge in [0.1, 0.15) is 0 Å². The van der Waals surface area contributed by atoms with E-state index in [4.69, 9.17) is 11.1 Å². The molecule has 5 nitrogen and oxygen atoms in total. The molecule has 7 heteroatoms. The summed E-state index contributed by atoms with van der Waals surface area (Å²) < 4.78 is 1.64. The number of hydrazone groups is 1. The number of hydrogen-bond donors (Lipinski definition) is 2. The number of guanidine groups is 1. The lowest BCUT2D eigenvalue weighted by Gasteiger charge is -2.11. The molecule has 0 radical (unpaired) electrons. The summed E-state index contributed by atoms with van der Waals surface area (Å²) in [6, 6.07) is 5.55. The Kier molecular flexibility index (Phi) is 4.83. The fourth-order valence-electron chi connectivity index (χ4n) is 1.06. The van der Waals surface area contributed by atoms with Gasteiger partial charge in [-0.3, -0.25) is 10.2 Å². The monoisotopic (exact) mass is 360 g/mol. The predicted molar refractivity (Wildman–Crippen MR) is 73.9 cm³/mol. The summed E-state index contributed by atoms with van der Waals surface area (Å²) in [5.41, 5.74) is 5.99. The minimum atomic E-state index is -0.420. The lowest BCUT2D eigenvalue weighted by atomic mass is 10.2. The van der Waals surface area contributed by atoms with E-state index in [0.717, 1.165) is 19.5 Å². The molecule has 0 saturated heterocycles. The fraction of sp³-hybridized carbons (Fsp3) is 0.100. The molecule has 1 aromatic rings. The molecule has 0 unspecified atom stereocenters. The maximum atomic E-state index is 11.1. The number of rotatable bonds is 2. The first-order valence-corrected chi connectivity index (χ1v) is 6.14. The van der Waals surface area contributed by atoms with E-state index in [1.54, 1.807) is 0 Å². The first-order chi connectivity index (χ1) is 7.93. The van der Waals surface area contributed by atoms with Crippen LogP contribution in [-0.4, -0.2) is 23.1 Å². The molecule has 0 saturated carbocycles. The van der Waals surface area contributed by atoms with Crippen LogP contribution in [0.25, 0.3) is 0 Å². The highest BCUT2D eigenvalue weighted by Crippen LogP contribution is 2.23. The van der Waals surface area contributed by atoms with Gasteiger partial charge in [-0.1, -0.05) is 37.9 Å². The number of nitrogens with one attached hydrogen (secondary N) is 1. The summed E-state index contributed by atoms with van der Waals surface area (Å²) >= 11 is 6.72. The van der Waals surface area contributed by atoms with Crippen LogP contribution in [0.3, 0.4) is 0 Å². The Balaban J connectivity index is 3.04. The summed E-state index contributed by atoms with van der Waals surface area (Å²) in [5, 5.41) is 11.9. The van der Waals surface area contributed by atoms with Crippen molar-refractivity contribution in [3.8, 4) is 0 Å². The molecule has 1 aromatic carbocycles. The van der Waals surface area contributed by atoms with E-state index >= 15 is 0 Å². The molecule has 0 bridgehead atoms. The Hall–Kier alpha value is -1.21. The summed E-state index contributed by atoms with van der Waals surface area (Å²) in [4.78, 5) is 11.1. The number of nitrogens with two attached hydrogens (primary N) is 1. The van der Waals surface area contributed by atoms with Crippen molar-refractivity contribution in [2.45, 2.75) is 6.92 Å². The third kappa shape index (κ3) is 3.64. The number of halogens is 2. The van der Waals surface area contributed by atoms with Crippen molar-refractivity contribution < 1.29 is 4.79 Å². The molecule has 1 rings (SSSR count). The predicted octanol–water partition coefficient (Wildman–Crippen LogP) is 2.29. The van der Waals surface area contributed by atoms with Gasteiger partial charge in [-0.2, -0.15) is 10.1 Å². The van der Waals surface area contributed by atoms with Gasteiger partial charge in [0, 0.05) is 21.4 Å². The molecular formula is C10H10Br2N4O. The van der Waals surface area contributed by atoms with Gasteiger partial charge in [0.2, 0.25) is 11.9 Å². The van der Waals surface area contributed by atoms with E-state index in [1.807, 2.05) is 18.2 Å². The van der Waals surface area contributed by atoms with Crippen molar-refractivity contribution in [1.29, 1.82) is 5.41 Å². The van der Waals surface area contributed by atoms with Gasteiger partial charge >= 0.3 is 0 Å². The first-order valence-electron chi connectivity index (χ1n) is 4.56. The Morgan fingerprint density at radius 1 is 1.47 bits per heavy atom. The molecule has 0 fully saturated rings. The third-order valence-electron chi connectivity index (χ3n) is 1.83. The molecule has 0 aliphatic carbocycles. The molecule has 0 heterocycles. The minimum Gasteiger partial charge on any atom is -0.368 e. The zero-order valence-electron chi connectivity index (χ0n) is 8.95. The second-order valence-corrected chi connectivity index (χ2v) is 4.80. The van der Waals surface area contributed by atoms with Crippen LogP contribution < -0.4 is 5.73 Å². The maximum absolute atomic E-state index is 11.1. The lowest BCUT2D eigenvalue weighted by molar-refractivity contribution is -0.125. The van der Waals surface area contributed by atoms with Crippen LogP contribution in [0.1, 0.15) is 12.5 Å². The van der Waals surface area contributed by atoms with Crippen LogP contribution in [0.5, 0.6) is 0 Å². The van der Waals surface area contributed by atoms with E-state index in [2.05, 4.69) is 37.0 Å². The quantitative estimate of drug-likeness (QED) is 0.481. The van der Waals surface area contributed by atoms with Crippen LogP contribution in [0.15, 0.2) is 32.2 Å². The molecule has 1 amide bonds. The Labute approximate surface area is 115 Å². The molecule has 0 aliphatic heterocycles. The molecule has 90 valence electrons. The largest absolute Gasteiger partial charge is 0.368 e. The van der Waals surface area contributed by atoms with Crippen LogP contribution in [-0.2, 0) is 4.79 Å². The smallest absolute Gasteiger partial charge is 0.246 e. The van der Waals surface area contributed by atoms with Crippen molar-refractivity contribution in [2.75, 3.05) is 0 Å². The van der Waals surface area contributed by atoms with Crippen molar-refractivity contribution >= 4 is 49.9 Å². The van der Waals surface area contributed by atoms with Gasteiger partial charge in [0.15, 0.2) is 0 Å². The summed E-state index contributed by atoms with van der Waals surface area (Å²) in [7, 11) is 0. The maximum Gasteiger partial charge on any atom is 0.246 e. The molecule has 3 N–H and O–H groups in total. The fourth-order valence-corrected chi connectivity index (χ4v) is 2.27. The van der Waals surface area contributed by atoms with E-state index in [-0.39, 0.29) is 0 Å². The Morgan fingerprint density at radius 3 is 2.41 bits per heavy atom. The van der Waals surface area contributed by atoms with Gasteiger partial charge in [-0.25, -0.2) is 0 Å². The number of carbonyl (C=O) groups is 1. The Bertz CT molecular complexity index is 453. The number of carbonyl (C=O) groups excluding carboxylic acids is 1. The standard InChI is InChI=1S/C10H10Br2N4O/c1-6(17)16(10(13)14)15-5-7-8(11)3-2-4-9(7)12/h2-5H,1H3,(H3,13,14)/b15-5+. The van der Waals surface area contributed by atoms with E-state index < -0.39 is 11.9 Å². The first kappa shape index (κ1) is 13.9. The summed E-state index contributed by atoms with van der Waals surface area (Å²) in [6.45, 7) is 1.29. The number of benzene rings is 1. The van der Waals surface area contributed by atoms with Crippen molar-refractivity contribution in [3.05, 3.63) is 32.7 Å². The summed E-state index contributed by atoms with van der Waals surface area (Å²) in [6.07, 6.45) is 1.46. The zero-order valence-corrected chi connectivity index (χ0v) is 12.1. The average Bonchev–Trinajstić information content (AvgIpc) is 2.21. The molecule has 0 aromatic heterocycles.